The molecule has 7 nitrogen and oxygen atoms in total. The topological polar surface area (TPSA) is 61.7 Å². The Labute approximate surface area is 132 Å². The van der Waals surface area contributed by atoms with Crippen LogP contribution in [0.4, 0.5) is 0 Å². The molecule has 2 aliphatic heterocycles. The van der Waals surface area contributed by atoms with Gasteiger partial charge in [0.15, 0.2) is 0 Å². The Morgan fingerprint density at radius 3 is 2.64 bits per heavy atom. The second kappa shape index (κ2) is 5.92. The molecule has 3 rings (SSSR count). The Morgan fingerprint density at radius 1 is 1.27 bits per heavy atom. The quantitative estimate of drug-likeness (QED) is 0.780. The van der Waals surface area contributed by atoms with Crippen molar-refractivity contribution in [3.8, 4) is 0 Å². The van der Waals surface area contributed by atoms with Crippen molar-refractivity contribution in [2.75, 3.05) is 40.3 Å². The third kappa shape index (κ3) is 3.05. The molecule has 0 aromatic carbocycles. The first kappa shape index (κ1) is 15.9. The molecule has 1 aromatic rings. The van der Waals surface area contributed by atoms with Crippen molar-refractivity contribution in [3.63, 3.8) is 0 Å². The van der Waals surface area contributed by atoms with E-state index < -0.39 is 10.2 Å². The summed E-state index contributed by atoms with van der Waals surface area (Å²) in [6.45, 7) is 4.23. The predicted molar refractivity (Wildman–Crippen MR) is 84.3 cm³/mol. The van der Waals surface area contributed by atoms with Crippen LogP contribution >= 0.6 is 0 Å². The number of hydrogen-bond acceptors (Lipinski definition) is 4. The van der Waals surface area contributed by atoms with Gasteiger partial charge in [0.1, 0.15) is 0 Å². The summed E-state index contributed by atoms with van der Waals surface area (Å²) in [6, 6.07) is 0. The Bertz CT molecular complexity index is 627. The van der Waals surface area contributed by atoms with Crippen LogP contribution in [-0.2, 0) is 23.8 Å². The Morgan fingerprint density at radius 2 is 2.00 bits per heavy atom. The number of likely N-dealkylation sites (tertiary alicyclic amines) is 1. The zero-order chi connectivity index (χ0) is 15.9. The van der Waals surface area contributed by atoms with Crippen molar-refractivity contribution in [3.05, 3.63) is 18.0 Å². The number of fused-ring (bicyclic) bond motifs is 1. The maximum atomic E-state index is 12.3. The normalized spacial score (nSPS) is 27.5. The molecule has 3 heterocycles. The van der Waals surface area contributed by atoms with Gasteiger partial charge >= 0.3 is 0 Å². The van der Waals surface area contributed by atoms with Gasteiger partial charge in [0.05, 0.1) is 6.20 Å². The van der Waals surface area contributed by atoms with Crippen LogP contribution in [0.5, 0.6) is 0 Å². The minimum Gasteiger partial charge on any atom is -0.298 e. The van der Waals surface area contributed by atoms with Gasteiger partial charge in [-0.2, -0.15) is 22.1 Å². The summed E-state index contributed by atoms with van der Waals surface area (Å²) < 4.78 is 29.3. The summed E-state index contributed by atoms with van der Waals surface area (Å²) >= 11 is 0. The average molecular weight is 327 g/mol. The van der Waals surface area contributed by atoms with E-state index in [1.165, 1.54) is 9.87 Å². The minimum absolute atomic E-state index is 0.445. The molecular weight excluding hydrogens is 302 g/mol. The van der Waals surface area contributed by atoms with Gasteiger partial charge in [0.2, 0.25) is 0 Å². The molecule has 8 heteroatoms. The fourth-order valence-corrected chi connectivity index (χ4v) is 4.79. The highest BCUT2D eigenvalue weighted by atomic mass is 32.2. The molecule has 2 saturated heterocycles. The summed E-state index contributed by atoms with van der Waals surface area (Å²) in [5.41, 5.74) is 1.22. The van der Waals surface area contributed by atoms with Crippen LogP contribution in [-0.4, -0.2) is 72.0 Å². The fourth-order valence-electron chi connectivity index (χ4n) is 3.61. The second-order valence-corrected chi connectivity index (χ2v) is 8.82. The monoisotopic (exact) mass is 327 g/mol. The van der Waals surface area contributed by atoms with Gasteiger partial charge in [0, 0.05) is 65.6 Å². The van der Waals surface area contributed by atoms with Gasteiger partial charge in [-0.15, -0.1) is 0 Å². The SMILES string of the molecule is CN(C)S(=O)(=O)N1CC[C@H]2CN(Cc3cnn(C)c3)C[C@H]2C1. The lowest BCUT2D eigenvalue weighted by Crippen LogP contribution is -2.47. The number of aryl methyl sites for hydroxylation is 1. The molecule has 0 spiro atoms. The minimum atomic E-state index is -3.28. The highest BCUT2D eigenvalue weighted by Gasteiger charge is 2.40. The molecule has 2 atom stereocenters. The maximum absolute atomic E-state index is 12.3. The van der Waals surface area contributed by atoms with Crippen LogP contribution in [0.15, 0.2) is 12.4 Å². The van der Waals surface area contributed by atoms with Crippen LogP contribution < -0.4 is 0 Å². The van der Waals surface area contributed by atoms with Crippen molar-refractivity contribution in [1.82, 2.24) is 23.3 Å². The van der Waals surface area contributed by atoms with E-state index in [0.717, 1.165) is 26.1 Å². The largest absolute Gasteiger partial charge is 0.298 e. The second-order valence-electron chi connectivity index (χ2n) is 6.67. The predicted octanol–water partition coefficient (Wildman–Crippen LogP) is -0.0198. The number of piperidine rings is 1. The zero-order valence-electron chi connectivity index (χ0n) is 13.5. The third-order valence-corrected chi connectivity index (χ3v) is 6.70. The standard InChI is InChI=1S/C14H25N5O2S/c1-16(2)22(20,21)19-5-4-13-9-18(10-14(13)11-19)8-12-6-15-17(3)7-12/h6-7,13-14H,4-5,8-11H2,1-3H3/t13-,14-/m0/s1. The summed E-state index contributed by atoms with van der Waals surface area (Å²) in [5.74, 6) is 1.06. The smallest absolute Gasteiger partial charge is 0.281 e. The van der Waals surface area contributed by atoms with Gasteiger partial charge in [-0.05, 0) is 18.3 Å². The highest BCUT2D eigenvalue weighted by Crippen LogP contribution is 2.33. The molecule has 1 aromatic heterocycles. The third-order valence-electron chi connectivity index (χ3n) is 4.79. The summed E-state index contributed by atoms with van der Waals surface area (Å²) in [7, 11) is 1.85. The van der Waals surface area contributed by atoms with Crippen molar-refractivity contribution in [1.29, 1.82) is 0 Å². The number of nitrogens with zero attached hydrogens (tertiary/aromatic N) is 5. The first-order valence-electron chi connectivity index (χ1n) is 7.73. The van der Waals surface area contributed by atoms with E-state index in [1.54, 1.807) is 18.4 Å². The van der Waals surface area contributed by atoms with Crippen molar-refractivity contribution >= 4 is 10.2 Å². The van der Waals surface area contributed by atoms with Gasteiger partial charge in [-0.25, -0.2) is 0 Å². The van der Waals surface area contributed by atoms with Crippen LogP contribution in [0.2, 0.25) is 0 Å². The fraction of sp³-hybridized carbons (Fsp3) is 0.786. The first-order valence-corrected chi connectivity index (χ1v) is 9.13. The van der Waals surface area contributed by atoms with Crippen molar-refractivity contribution in [2.45, 2.75) is 13.0 Å². The van der Waals surface area contributed by atoms with E-state index in [4.69, 9.17) is 0 Å². The summed E-state index contributed by atoms with van der Waals surface area (Å²) in [4.78, 5) is 2.43. The van der Waals surface area contributed by atoms with Gasteiger partial charge < -0.3 is 0 Å². The van der Waals surface area contributed by atoms with Crippen molar-refractivity contribution < 1.29 is 8.42 Å². The van der Waals surface area contributed by atoms with Crippen LogP contribution in [0.1, 0.15) is 12.0 Å². The van der Waals surface area contributed by atoms with E-state index >= 15 is 0 Å². The lowest BCUT2D eigenvalue weighted by Gasteiger charge is -2.34. The van der Waals surface area contributed by atoms with Crippen LogP contribution in [0.3, 0.4) is 0 Å². The molecule has 2 aliphatic rings. The molecule has 0 bridgehead atoms. The van der Waals surface area contributed by atoms with E-state index in [-0.39, 0.29) is 0 Å². The van der Waals surface area contributed by atoms with Crippen LogP contribution in [0, 0.1) is 11.8 Å². The van der Waals surface area contributed by atoms with Gasteiger partial charge in [-0.3, -0.25) is 9.58 Å². The van der Waals surface area contributed by atoms with E-state index in [1.807, 2.05) is 24.1 Å². The molecule has 0 aliphatic carbocycles. The van der Waals surface area contributed by atoms with E-state index in [9.17, 15) is 8.42 Å². The number of rotatable bonds is 4. The molecule has 0 N–H and O–H groups in total. The Balaban J connectivity index is 1.62. The molecule has 124 valence electrons. The van der Waals surface area contributed by atoms with Gasteiger partial charge in [0.25, 0.3) is 10.2 Å². The molecule has 2 fully saturated rings. The van der Waals surface area contributed by atoms with E-state index in [0.29, 0.717) is 24.9 Å². The molecule has 0 radical (unpaired) electrons. The highest BCUT2D eigenvalue weighted by molar-refractivity contribution is 7.86. The summed E-state index contributed by atoms with van der Waals surface area (Å²) in [5, 5.41) is 4.21. The van der Waals surface area contributed by atoms with Crippen LogP contribution in [0.25, 0.3) is 0 Å². The zero-order valence-corrected chi connectivity index (χ0v) is 14.3. The lowest BCUT2D eigenvalue weighted by atomic mass is 9.90. The Hall–Kier alpha value is -0.960. The summed E-state index contributed by atoms with van der Waals surface area (Å²) in [6.07, 6.45) is 4.91. The number of hydrogen-bond donors (Lipinski definition) is 0. The maximum Gasteiger partial charge on any atom is 0.281 e. The van der Waals surface area contributed by atoms with Crippen molar-refractivity contribution in [2.24, 2.45) is 18.9 Å². The Kier molecular flexibility index (Phi) is 4.28. The van der Waals surface area contributed by atoms with E-state index in [2.05, 4.69) is 10.00 Å². The lowest BCUT2D eigenvalue weighted by molar-refractivity contribution is 0.219. The number of aromatic nitrogens is 2. The van der Waals surface area contributed by atoms with Gasteiger partial charge in [-0.1, -0.05) is 0 Å². The molecule has 0 saturated carbocycles. The first-order chi connectivity index (χ1) is 10.4. The molecule has 22 heavy (non-hydrogen) atoms. The molecule has 0 unspecified atom stereocenters. The molecule has 0 amide bonds. The average Bonchev–Trinajstić information content (AvgIpc) is 3.03. The molecular formula is C14H25N5O2S.